The maximum Gasteiger partial charge on any atom is 0.102 e. The molecule has 0 radical (unpaired) electrons. The van der Waals surface area contributed by atoms with Gasteiger partial charge in [-0.2, -0.15) is 10.4 Å². The van der Waals surface area contributed by atoms with E-state index in [9.17, 15) is 10.4 Å². The lowest BCUT2D eigenvalue weighted by Crippen LogP contribution is -2.35. The van der Waals surface area contributed by atoms with E-state index in [0.717, 1.165) is 23.5 Å². The molecule has 0 fully saturated rings. The van der Waals surface area contributed by atoms with Crippen molar-refractivity contribution < 1.29 is 5.11 Å². The van der Waals surface area contributed by atoms with Crippen LogP contribution in [0.25, 0.3) is 0 Å². The van der Waals surface area contributed by atoms with Crippen LogP contribution >= 0.6 is 0 Å². The Kier molecular flexibility index (Phi) is 8.39. The molecule has 28 heavy (non-hydrogen) atoms. The van der Waals surface area contributed by atoms with Crippen LogP contribution in [0.5, 0.6) is 0 Å². The fourth-order valence-corrected chi connectivity index (χ4v) is 3.43. The Bertz CT molecular complexity index is 789. The van der Waals surface area contributed by atoms with Gasteiger partial charge in [0.2, 0.25) is 0 Å². The molecule has 0 aliphatic heterocycles. The fraction of sp³-hybridized carbons (Fsp3) is 0.500. The van der Waals surface area contributed by atoms with Crippen LogP contribution in [0.15, 0.2) is 53.8 Å². The number of amidine groups is 1. The van der Waals surface area contributed by atoms with Crippen LogP contribution < -0.4 is 0 Å². The average molecular weight is 384 g/mol. The summed E-state index contributed by atoms with van der Waals surface area (Å²) < 4.78 is 1.72. The fourth-order valence-electron chi connectivity index (χ4n) is 3.43. The lowest BCUT2D eigenvalue weighted by atomic mass is 9.79. The van der Waals surface area contributed by atoms with Crippen LogP contribution in [-0.4, -0.2) is 51.9 Å². The molecule has 0 aromatic carbocycles. The first-order chi connectivity index (χ1) is 13.1. The van der Waals surface area contributed by atoms with Gasteiger partial charge >= 0.3 is 0 Å². The molecular weight excluding hydrogens is 350 g/mol. The first-order valence-corrected chi connectivity index (χ1v) is 9.45. The van der Waals surface area contributed by atoms with Crippen molar-refractivity contribution in [3.8, 4) is 6.07 Å². The van der Waals surface area contributed by atoms with Gasteiger partial charge in [-0.25, -0.2) is 0 Å². The number of nitriles is 1. The van der Waals surface area contributed by atoms with Gasteiger partial charge in [0.25, 0.3) is 0 Å². The summed E-state index contributed by atoms with van der Waals surface area (Å²) in [5.74, 6) is 0.739. The monoisotopic (exact) mass is 383 g/mol. The van der Waals surface area contributed by atoms with Crippen LogP contribution in [0.3, 0.4) is 0 Å². The van der Waals surface area contributed by atoms with Crippen molar-refractivity contribution in [2.75, 3.05) is 20.6 Å². The SMILES string of the molecule is C=C/C(C#N)=C(\C=C)C(c1cnn(CC(C)(C)O)c1)C(C)C(=NC)N(C)CC. The summed E-state index contributed by atoms with van der Waals surface area (Å²) in [5.41, 5.74) is 1.33. The van der Waals surface area contributed by atoms with E-state index < -0.39 is 5.60 Å². The smallest absolute Gasteiger partial charge is 0.102 e. The lowest BCUT2D eigenvalue weighted by Gasteiger charge is -2.31. The van der Waals surface area contributed by atoms with Gasteiger partial charge in [0.1, 0.15) is 5.84 Å². The van der Waals surface area contributed by atoms with Gasteiger partial charge in [-0.05, 0) is 31.9 Å². The van der Waals surface area contributed by atoms with Crippen molar-refractivity contribution in [3.63, 3.8) is 0 Å². The molecule has 152 valence electrons. The van der Waals surface area contributed by atoms with E-state index in [1.165, 1.54) is 0 Å². The van der Waals surface area contributed by atoms with Crippen molar-refractivity contribution in [2.24, 2.45) is 10.9 Å². The maximum absolute atomic E-state index is 10.1. The van der Waals surface area contributed by atoms with Crippen molar-refractivity contribution >= 4 is 5.84 Å². The summed E-state index contributed by atoms with van der Waals surface area (Å²) in [6.45, 7) is 16.6. The highest BCUT2D eigenvalue weighted by Crippen LogP contribution is 2.36. The Morgan fingerprint density at radius 1 is 1.46 bits per heavy atom. The summed E-state index contributed by atoms with van der Waals surface area (Å²) in [7, 11) is 3.78. The average Bonchev–Trinajstić information content (AvgIpc) is 3.07. The molecule has 0 bridgehead atoms. The highest BCUT2D eigenvalue weighted by Gasteiger charge is 2.30. The number of aliphatic imine (C=N–C) groups is 1. The highest BCUT2D eigenvalue weighted by molar-refractivity contribution is 5.85. The third-order valence-corrected chi connectivity index (χ3v) is 4.75. The minimum absolute atomic E-state index is 0.0222. The summed E-state index contributed by atoms with van der Waals surface area (Å²) >= 11 is 0. The van der Waals surface area contributed by atoms with Crippen molar-refractivity contribution in [3.05, 3.63) is 54.4 Å². The third-order valence-electron chi connectivity index (χ3n) is 4.75. The zero-order valence-electron chi connectivity index (χ0n) is 18.0. The van der Waals surface area contributed by atoms with E-state index in [-0.39, 0.29) is 11.8 Å². The van der Waals surface area contributed by atoms with Crippen LogP contribution in [-0.2, 0) is 6.54 Å². The van der Waals surface area contributed by atoms with Crippen molar-refractivity contribution in [1.82, 2.24) is 14.7 Å². The zero-order chi connectivity index (χ0) is 21.5. The van der Waals surface area contributed by atoms with E-state index in [1.54, 1.807) is 43.9 Å². The molecule has 2 atom stereocenters. The highest BCUT2D eigenvalue weighted by atomic mass is 16.3. The lowest BCUT2D eigenvalue weighted by molar-refractivity contribution is 0.0577. The molecule has 0 amide bonds. The van der Waals surface area contributed by atoms with Gasteiger partial charge in [-0.15, -0.1) is 0 Å². The second-order valence-electron chi connectivity index (χ2n) is 7.54. The molecule has 0 saturated carbocycles. The van der Waals surface area contributed by atoms with Gasteiger partial charge < -0.3 is 10.0 Å². The number of aliphatic hydroxyl groups is 1. The van der Waals surface area contributed by atoms with Gasteiger partial charge in [0.05, 0.1) is 30.0 Å². The molecule has 0 aliphatic carbocycles. The first kappa shape index (κ1) is 23.4. The Hall–Kier alpha value is -2.65. The second-order valence-corrected chi connectivity index (χ2v) is 7.54. The maximum atomic E-state index is 10.1. The van der Waals surface area contributed by atoms with Gasteiger partial charge in [-0.1, -0.05) is 32.2 Å². The van der Waals surface area contributed by atoms with E-state index in [0.29, 0.717) is 12.1 Å². The summed E-state index contributed by atoms with van der Waals surface area (Å²) in [6, 6.07) is 2.22. The topological polar surface area (TPSA) is 77.4 Å². The summed E-state index contributed by atoms with van der Waals surface area (Å²) in [5, 5.41) is 24.1. The molecule has 0 saturated heterocycles. The van der Waals surface area contributed by atoms with E-state index >= 15 is 0 Å². The van der Waals surface area contributed by atoms with Crippen LogP contribution in [0.4, 0.5) is 0 Å². The van der Waals surface area contributed by atoms with Gasteiger partial charge in [0, 0.05) is 38.7 Å². The predicted octanol–water partition coefficient (Wildman–Crippen LogP) is 3.55. The molecular formula is C22H33N5O. The van der Waals surface area contributed by atoms with Gasteiger partial charge in [0.15, 0.2) is 0 Å². The number of rotatable bonds is 9. The predicted molar refractivity (Wildman–Crippen MR) is 115 cm³/mol. The summed E-state index contributed by atoms with van der Waals surface area (Å²) in [4.78, 5) is 6.61. The standard InChI is InChI=1S/C22H33N5O/c1-9-17(12-23)19(10-2)20(16(4)21(24-7)26(8)11-3)18-13-25-27(14-18)15-22(5,6)28/h9-10,13-14,16,20,28H,1-2,11,15H2,3-8H3/b19-17-,24-21?. The second kappa shape index (κ2) is 10.0. The molecule has 1 heterocycles. The van der Waals surface area contributed by atoms with E-state index in [4.69, 9.17) is 0 Å². The van der Waals surface area contributed by atoms with Crippen LogP contribution in [0, 0.1) is 17.2 Å². The number of allylic oxidation sites excluding steroid dienone is 4. The van der Waals surface area contributed by atoms with Crippen molar-refractivity contribution in [2.45, 2.75) is 45.8 Å². The molecule has 1 N–H and O–H groups in total. The molecule has 0 spiro atoms. The molecule has 1 rings (SSSR count). The van der Waals surface area contributed by atoms with Gasteiger partial charge in [-0.3, -0.25) is 9.67 Å². The number of hydrogen-bond acceptors (Lipinski definition) is 4. The van der Waals surface area contributed by atoms with E-state index in [1.807, 2.05) is 13.2 Å². The number of nitrogens with zero attached hydrogens (tertiary/aromatic N) is 5. The number of aromatic nitrogens is 2. The van der Waals surface area contributed by atoms with E-state index in [2.05, 4.69) is 48.1 Å². The molecule has 1 aromatic heterocycles. The Morgan fingerprint density at radius 3 is 2.54 bits per heavy atom. The molecule has 6 heteroatoms. The first-order valence-electron chi connectivity index (χ1n) is 9.45. The van der Waals surface area contributed by atoms with Crippen molar-refractivity contribution in [1.29, 1.82) is 5.26 Å². The Balaban J connectivity index is 3.57. The van der Waals surface area contributed by atoms with Crippen LogP contribution in [0.1, 0.15) is 39.2 Å². The zero-order valence-corrected chi connectivity index (χ0v) is 18.0. The quantitative estimate of drug-likeness (QED) is 0.306. The van der Waals surface area contributed by atoms with Crippen LogP contribution in [0.2, 0.25) is 0 Å². The molecule has 2 unspecified atom stereocenters. The molecule has 1 aromatic rings. The Labute approximate surface area is 169 Å². The Morgan fingerprint density at radius 2 is 2.11 bits per heavy atom. The molecule has 0 aliphatic rings. The number of hydrogen-bond donors (Lipinski definition) is 1. The minimum atomic E-state index is -0.876. The molecule has 6 nitrogen and oxygen atoms in total. The third kappa shape index (κ3) is 5.67. The minimum Gasteiger partial charge on any atom is -0.389 e. The normalized spacial score (nSPS) is 15.3. The summed E-state index contributed by atoms with van der Waals surface area (Å²) in [6.07, 6.45) is 6.98. The largest absolute Gasteiger partial charge is 0.389 e.